The highest BCUT2D eigenvalue weighted by Gasteiger charge is 2.30. The molecule has 0 spiro atoms. The van der Waals surface area contributed by atoms with Gasteiger partial charge in [-0.15, -0.1) is 11.3 Å². The first-order chi connectivity index (χ1) is 8.95. The van der Waals surface area contributed by atoms with Gasteiger partial charge in [0.1, 0.15) is 5.01 Å². The van der Waals surface area contributed by atoms with Crippen molar-refractivity contribution in [1.82, 2.24) is 4.98 Å². The monoisotopic (exact) mass is 285 g/mol. The zero-order valence-corrected chi connectivity index (χ0v) is 11.5. The Balaban J connectivity index is 2.34. The van der Waals surface area contributed by atoms with E-state index < -0.39 is 11.7 Å². The van der Waals surface area contributed by atoms with Gasteiger partial charge in [-0.05, 0) is 25.0 Å². The van der Waals surface area contributed by atoms with Gasteiger partial charge in [0.05, 0.1) is 11.3 Å². The number of halogens is 3. The van der Waals surface area contributed by atoms with Crippen LogP contribution in [0.3, 0.4) is 0 Å². The van der Waals surface area contributed by atoms with Gasteiger partial charge in [-0.25, -0.2) is 4.98 Å². The second-order valence-electron chi connectivity index (χ2n) is 4.17. The van der Waals surface area contributed by atoms with Gasteiger partial charge in [0.15, 0.2) is 0 Å². The van der Waals surface area contributed by atoms with Gasteiger partial charge >= 0.3 is 6.18 Å². The lowest BCUT2D eigenvalue weighted by molar-refractivity contribution is -0.137. The molecule has 1 aromatic carbocycles. The maximum absolute atomic E-state index is 12.5. The predicted octanol–water partition coefficient (Wildman–Crippen LogP) is 4.95. The maximum atomic E-state index is 12.5. The third kappa shape index (κ3) is 2.97. The van der Waals surface area contributed by atoms with Crippen molar-refractivity contribution in [3.8, 4) is 10.6 Å². The van der Waals surface area contributed by atoms with E-state index in [0.717, 1.165) is 41.2 Å². The molecule has 5 heteroatoms. The van der Waals surface area contributed by atoms with Crippen molar-refractivity contribution in [2.24, 2.45) is 0 Å². The topological polar surface area (TPSA) is 12.9 Å². The summed E-state index contributed by atoms with van der Waals surface area (Å²) < 4.78 is 37.5. The number of benzene rings is 1. The highest BCUT2D eigenvalue weighted by molar-refractivity contribution is 7.15. The standard InChI is InChI=1S/C14H14F3NS/c1-3-11-12(4-2)19-13(18-11)9-5-7-10(8-6-9)14(15,16)17/h5-8H,3-4H2,1-2H3. The van der Waals surface area contributed by atoms with E-state index in [9.17, 15) is 13.2 Å². The molecule has 0 aliphatic heterocycles. The molecule has 0 saturated carbocycles. The predicted molar refractivity (Wildman–Crippen MR) is 71.3 cm³/mol. The summed E-state index contributed by atoms with van der Waals surface area (Å²) in [4.78, 5) is 5.70. The smallest absolute Gasteiger partial charge is 0.241 e. The minimum Gasteiger partial charge on any atom is -0.241 e. The Morgan fingerprint density at radius 2 is 1.68 bits per heavy atom. The summed E-state index contributed by atoms with van der Waals surface area (Å²) in [6, 6.07) is 5.18. The SMILES string of the molecule is CCc1nc(-c2ccc(C(F)(F)F)cc2)sc1CC. The molecule has 0 saturated heterocycles. The molecule has 0 atom stereocenters. The molecule has 1 nitrogen and oxygen atoms in total. The molecule has 0 bridgehead atoms. The number of nitrogens with zero attached hydrogens (tertiary/aromatic N) is 1. The van der Waals surface area contributed by atoms with E-state index in [4.69, 9.17) is 0 Å². The Kier molecular flexibility index (Phi) is 3.94. The summed E-state index contributed by atoms with van der Waals surface area (Å²) in [7, 11) is 0. The quantitative estimate of drug-likeness (QED) is 0.777. The summed E-state index contributed by atoms with van der Waals surface area (Å²) in [6.07, 6.45) is -2.54. The molecular formula is C14H14F3NS. The molecular weight excluding hydrogens is 271 g/mol. The lowest BCUT2D eigenvalue weighted by atomic mass is 10.1. The summed E-state index contributed by atoms with van der Waals surface area (Å²) in [5.74, 6) is 0. The zero-order valence-electron chi connectivity index (χ0n) is 10.7. The van der Waals surface area contributed by atoms with Crippen LogP contribution in [-0.4, -0.2) is 4.98 Å². The summed E-state index contributed by atoms with van der Waals surface area (Å²) in [6.45, 7) is 4.09. The highest BCUT2D eigenvalue weighted by atomic mass is 32.1. The number of thiazole rings is 1. The molecule has 2 rings (SSSR count). The Labute approximate surface area is 114 Å². The number of aryl methyl sites for hydroxylation is 2. The normalized spacial score (nSPS) is 11.8. The Hall–Kier alpha value is -1.36. The first-order valence-electron chi connectivity index (χ1n) is 6.12. The molecule has 2 aromatic rings. The number of hydrogen-bond donors (Lipinski definition) is 0. The van der Waals surface area contributed by atoms with Gasteiger partial charge in [-0.1, -0.05) is 26.0 Å². The van der Waals surface area contributed by atoms with Crippen molar-refractivity contribution < 1.29 is 13.2 Å². The van der Waals surface area contributed by atoms with Crippen LogP contribution in [0.5, 0.6) is 0 Å². The van der Waals surface area contributed by atoms with Gasteiger partial charge in [-0.3, -0.25) is 0 Å². The zero-order chi connectivity index (χ0) is 14.0. The number of hydrogen-bond acceptors (Lipinski definition) is 2. The van der Waals surface area contributed by atoms with Crippen LogP contribution in [0.15, 0.2) is 24.3 Å². The van der Waals surface area contributed by atoms with Crippen molar-refractivity contribution in [3.63, 3.8) is 0 Å². The van der Waals surface area contributed by atoms with E-state index in [0.29, 0.717) is 0 Å². The molecule has 0 fully saturated rings. The van der Waals surface area contributed by atoms with Crippen LogP contribution in [0.25, 0.3) is 10.6 Å². The summed E-state index contributed by atoms with van der Waals surface area (Å²) in [5.41, 5.74) is 1.16. The van der Waals surface area contributed by atoms with E-state index in [2.05, 4.69) is 11.9 Å². The fraction of sp³-hybridized carbons (Fsp3) is 0.357. The van der Waals surface area contributed by atoms with Gasteiger partial charge in [-0.2, -0.15) is 13.2 Å². The van der Waals surface area contributed by atoms with Crippen LogP contribution in [0.4, 0.5) is 13.2 Å². The van der Waals surface area contributed by atoms with Crippen LogP contribution in [0, 0.1) is 0 Å². The third-order valence-corrected chi connectivity index (χ3v) is 4.18. The first kappa shape index (κ1) is 14.1. The van der Waals surface area contributed by atoms with Gasteiger partial charge < -0.3 is 0 Å². The molecule has 0 N–H and O–H groups in total. The lowest BCUT2D eigenvalue weighted by Crippen LogP contribution is -2.03. The van der Waals surface area contributed by atoms with Crippen molar-refractivity contribution in [1.29, 1.82) is 0 Å². The van der Waals surface area contributed by atoms with E-state index in [1.165, 1.54) is 17.0 Å². The van der Waals surface area contributed by atoms with Crippen LogP contribution >= 0.6 is 11.3 Å². The average molecular weight is 285 g/mol. The van der Waals surface area contributed by atoms with E-state index >= 15 is 0 Å². The Morgan fingerprint density at radius 1 is 1.05 bits per heavy atom. The van der Waals surface area contributed by atoms with Crippen molar-refractivity contribution >= 4 is 11.3 Å². The highest BCUT2D eigenvalue weighted by Crippen LogP contribution is 2.33. The number of alkyl halides is 3. The summed E-state index contributed by atoms with van der Waals surface area (Å²) in [5, 5.41) is 0.794. The minimum atomic E-state index is -4.29. The molecule has 0 aliphatic rings. The fourth-order valence-electron chi connectivity index (χ4n) is 1.86. The Bertz CT molecular complexity index is 534. The van der Waals surface area contributed by atoms with Crippen LogP contribution in [0.1, 0.15) is 30.0 Å². The molecule has 1 heterocycles. The van der Waals surface area contributed by atoms with Crippen molar-refractivity contribution in [2.75, 3.05) is 0 Å². The molecule has 102 valence electrons. The van der Waals surface area contributed by atoms with E-state index in [1.807, 2.05) is 6.92 Å². The van der Waals surface area contributed by atoms with E-state index in [-0.39, 0.29) is 0 Å². The van der Waals surface area contributed by atoms with E-state index in [1.54, 1.807) is 11.3 Å². The molecule has 1 aromatic heterocycles. The average Bonchev–Trinajstić information content (AvgIpc) is 2.81. The molecule has 0 radical (unpaired) electrons. The van der Waals surface area contributed by atoms with Crippen LogP contribution in [0.2, 0.25) is 0 Å². The minimum absolute atomic E-state index is 0.626. The Morgan fingerprint density at radius 3 is 2.11 bits per heavy atom. The second-order valence-corrected chi connectivity index (χ2v) is 5.25. The number of aromatic nitrogens is 1. The number of rotatable bonds is 3. The molecule has 0 amide bonds. The van der Waals surface area contributed by atoms with Crippen molar-refractivity contribution in [2.45, 2.75) is 32.9 Å². The largest absolute Gasteiger partial charge is 0.416 e. The molecule has 0 aliphatic carbocycles. The summed E-state index contributed by atoms with van der Waals surface area (Å²) >= 11 is 1.56. The third-order valence-electron chi connectivity index (χ3n) is 2.89. The molecule has 19 heavy (non-hydrogen) atoms. The maximum Gasteiger partial charge on any atom is 0.416 e. The lowest BCUT2D eigenvalue weighted by Gasteiger charge is -2.06. The van der Waals surface area contributed by atoms with Gasteiger partial charge in [0.2, 0.25) is 0 Å². The van der Waals surface area contributed by atoms with Crippen molar-refractivity contribution in [3.05, 3.63) is 40.4 Å². The first-order valence-corrected chi connectivity index (χ1v) is 6.93. The second kappa shape index (κ2) is 5.33. The molecule has 0 unspecified atom stereocenters. The van der Waals surface area contributed by atoms with Gasteiger partial charge in [0, 0.05) is 10.4 Å². The van der Waals surface area contributed by atoms with Crippen LogP contribution < -0.4 is 0 Å². The fourth-order valence-corrected chi connectivity index (χ4v) is 2.96. The van der Waals surface area contributed by atoms with Gasteiger partial charge in [0.25, 0.3) is 0 Å². The van der Waals surface area contributed by atoms with Crippen LogP contribution in [-0.2, 0) is 19.0 Å².